The van der Waals surface area contributed by atoms with Gasteiger partial charge in [0.25, 0.3) is 0 Å². The molecule has 25 heavy (non-hydrogen) atoms. The molecule has 1 aliphatic rings. The highest BCUT2D eigenvalue weighted by Crippen LogP contribution is 2.07. The second-order valence-corrected chi connectivity index (χ2v) is 6.55. The molecule has 1 unspecified atom stereocenters. The van der Waals surface area contributed by atoms with Crippen molar-refractivity contribution in [3.8, 4) is 0 Å². The van der Waals surface area contributed by atoms with Gasteiger partial charge in [-0.05, 0) is 31.5 Å². The number of hydrogen-bond acceptors (Lipinski definition) is 3. The Hall–Kier alpha value is -0.860. The highest BCUT2D eigenvalue weighted by atomic mass is 127. The highest BCUT2D eigenvalue weighted by Gasteiger charge is 2.20. The van der Waals surface area contributed by atoms with Crippen molar-refractivity contribution < 1.29 is 0 Å². The van der Waals surface area contributed by atoms with Crippen molar-refractivity contribution in [1.82, 2.24) is 20.4 Å². The molecule has 0 saturated carbocycles. The van der Waals surface area contributed by atoms with Gasteiger partial charge >= 0.3 is 0 Å². The SMILES string of the molecule is CCN1CCN(C(C)CNC(=NC)NCc2ccccc2C)CC1.I. The van der Waals surface area contributed by atoms with Crippen molar-refractivity contribution >= 4 is 29.9 Å². The Bertz CT molecular complexity index is 526. The first-order chi connectivity index (χ1) is 11.6. The van der Waals surface area contributed by atoms with E-state index in [4.69, 9.17) is 0 Å². The van der Waals surface area contributed by atoms with E-state index in [9.17, 15) is 0 Å². The maximum absolute atomic E-state index is 4.34. The number of rotatable bonds is 6. The van der Waals surface area contributed by atoms with E-state index in [1.165, 1.54) is 24.2 Å². The Kier molecular flexibility index (Phi) is 10.4. The van der Waals surface area contributed by atoms with Gasteiger partial charge in [-0.15, -0.1) is 24.0 Å². The molecule has 2 rings (SSSR count). The fourth-order valence-electron chi connectivity index (χ4n) is 3.10. The fourth-order valence-corrected chi connectivity index (χ4v) is 3.10. The Morgan fingerprint density at radius 2 is 1.84 bits per heavy atom. The first-order valence-corrected chi connectivity index (χ1v) is 9.09. The minimum Gasteiger partial charge on any atom is -0.355 e. The van der Waals surface area contributed by atoms with Crippen LogP contribution in [0.2, 0.25) is 0 Å². The monoisotopic (exact) mass is 459 g/mol. The first-order valence-electron chi connectivity index (χ1n) is 9.09. The van der Waals surface area contributed by atoms with Crippen LogP contribution in [0.4, 0.5) is 0 Å². The van der Waals surface area contributed by atoms with E-state index in [-0.39, 0.29) is 24.0 Å². The minimum absolute atomic E-state index is 0. The summed E-state index contributed by atoms with van der Waals surface area (Å²) >= 11 is 0. The Morgan fingerprint density at radius 3 is 2.44 bits per heavy atom. The first kappa shape index (κ1) is 22.2. The number of aliphatic imine (C=N–C) groups is 1. The molecule has 1 aliphatic heterocycles. The predicted molar refractivity (Wildman–Crippen MR) is 118 cm³/mol. The summed E-state index contributed by atoms with van der Waals surface area (Å²) in [5.41, 5.74) is 2.62. The Balaban J connectivity index is 0.00000312. The lowest BCUT2D eigenvalue weighted by molar-refractivity contribution is 0.107. The number of nitrogens with zero attached hydrogens (tertiary/aromatic N) is 3. The van der Waals surface area contributed by atoms with Gasteiger partial charge in [0.15, 0.2) is 5.96 Å². The summed E-state index contributed by atoms with van der Waals surface area (Å²) in [6.45, 7) is 14.2. The summed E-state index contributed by atoms with van der Waals surface area (Å²) in [5, 5.41) is 6.88. The topological polar surface area (TPSA) is 42.9 Å². The fraction of sp³-hybridized carbons (Fsp3) is 0.632. The zero-order chi connectivity index (χ0) is 17.4. The van der Waals surface area contributed by atoms with E-state index in [0.29, 0.717) is 6.04 Å². The molecule has 1 saturated heterocycles. The molecule has 0 spiro atoms. The summed E-state index contributed by atoms with van der Waals surface area (Å²) in [6.07, 6.45) is 0. The number of likely N-dealkylation sites (N-methyl/N-ethyl adjacent to an activating group) is 1. The third-order valence-corrected chi connectivity index (χ3v) is 4.97. The van der Waals surface area contributed by atoms with Gasteiger partial charge < -0.3 is 15.5 Å². The van der Waals surface area contributed by atoms with Gasteiger partial charge in [0.2, 0.25) is 0 Å². The molecule has 0 aromatic heterocycles. The molecular formula is C19H34IN5. The van der Waals surface area contributed by atoms with Crippen molar-refractivity contribution in [2.45, 2.75) is 33.4 Å². The van der Waals surface area contributed by atoms with Gasteiger partial charge in [-0.1, -0.05) is 31.2 Å². The zero-order valence-corrected chi connectivity index (χ0v) is 18.4. The van der Waals surface area contributed by atoms with Crippen LogP contribution in [0.1, 0.15) is 25.0 Å². The third kappa shape index (κ3) is 7.11. The summed E-state index contributed by atoms with van der Waals surface area (Å²) in [6, 6.07) is 8.97. The Labute approximate surface area is 170 Å². The average molecular weight is 459 g/mol. The van der Waals surface area contributed by atoms with Crippen LogP contribution in [-0.2, 0) is 6.54 Å². The molecule has 0 amide bonds. The summed E-state index contributed by atoms with van der Waals surface area (Å²) < 4.78 is 0. The lowest BCUT2D eigenvalue weighted by atomic mass is 10.1. The number of piperazine rings is 1. The van der Waals surface area contributed by atoms with E-state index >= 15 is 0 Å². The van der Waals surface area contributed by atoms with Gasteiger partial charge in [0.1, 0.15) is 0 Å². The van der Waals surface area contributed by atoms with Crippen LogP contribution in [0.15, 0.2) is 29.3 Å². The molecular weight excluding hydrogens is 425 g/mol. The maximum atomic E-state index is 4.34. The van der Waals surface area contributed by atoms with Crippen LogP contribution in [-0.4, -0.2) is 68.1 Å². The largest absolute Gasteiger partial charge is 0.355 e. The molecule has 1 fully saturated rings. The molecule has 5 nitrogen and oxygen atoms in total. The van der Waals surface area contributed by atoms with Gasteiger partial charge in [-0.3, -0.25) is 9.89 Å². The predicted octanol–water partition coefficient (Wildman–Crippen LogP) is 2.30. The summed E-state index contributed by atoms with van der Waals surface area (Å²) in [7, 11) is 1.83. The molecule has 1 heterocycles. The van der Waals surface area contributed by atoms with Crippen molar-refractivity contribution in [2.75, 3.05) is 46.3 Å². The zero-order valence-electron chi connectivity index (χ0n) is 16.1. The molecule has 0 aliphatic carbocycles. The van der Waals surface area contributed by atoms with Crippen LogP contribution in [0, 0.1) is 6.92 Å². The van der Waals surface area contributed by atoms with Gasteiger partial charge in [-0.2, -0.15) is 0 Å². The second-order valence-electron chi connectivity index (χ2n) is 6.55. The van der Waals surface area contributed by atoms with Crippen LogP contribution >= 0.6 is 24.0 Å². The lowest BCUT2D eigenvalue weighted by Crippen LogP contribution is -2.53. The third-order valence-electron chi connectivity index (χ3n) is 4.97. The van der Waals surface area contributed by atoms with E-state index in [0.717, 1.165) is 38.7 Å². The number of guanidine groups is 1. The van der Waals surface area contributed by atoms with Crippen molar-refractivity contribution in [1.29, 1.82) is 0 Å². The smallest absolute Gasteiger partial charge is 0.191 e. The van der Waals surface area contributed by atoms with Gasteiger partial charge in [0, 0.05) is 52.4 Å². The molecule has 1 atom stereocenters. The molecule has 0 radical (unpaired) electrons. The standard InChI is InChI=1S/C19H33N5.HI/c1-5-23-10-12-24(13-11-23)17(3)14-21-19(20-4)22-15-18-9-7-6-8-16(18)2;/h6-9,17H,5,10-15H2,1-4H3,(H2,20,21,22);1H. The van der Waals surface area contributed by atoms with E-state index < -0.39 is 0 Å². The second kappa shape index (κ2) is 11.7. The molecule has 142 valence electrons. The summed E-state index contributed by atoms with van der Waals surface area (Å²) in [4.78, 5) is 9.42. The van der Waals surface area contributed by atoms with Crippen LogP contribution in [0.25, 0.3) is 0 Å². The number of halogens is 1. The number of nitrogens with one attached hydrogen (secondary N) is 2. The molecule has 1 aromatic rings. The van der Waals surface area contributed by atoms with Crippen molar-refractivity contribution in [2.24, 2.45) is 4.99 Å². The maximum Gasteiger partial charge on any atom is 0.191 e. The van der Waals surface area contributed by atoms with Gasteiger partial charge in [-0.25, -0.2) is 0 Å². The minimum atomic E-state index is 0. The number of benzene rings is 1. The summed E-state index contributed by atoms with van der Waals surface area (Å²) in [5.74, 6) is 0.872. The molecule has 6 heteroatoms. The Morgan fingerprint density at radius 1 is 1.16 bits per heavy atom. The lowest BCUT2D eigenvalue weighted by Gasteiger charge is -2.37. The van der Waals surface area contributed by atoms with Crippen LogP contribution in [0.3, 0.4) is 0 Å². The molecule has 0 bridgehead atoms. The molecule has 2 N–H and O–H groups in total. The van der Waals surface area contributed by atoms with E-state index in [1.807, 2.05) is 7.05 Å². The van der Waals surface area contributed by atoms with Crippen molar-refractivity contribution in [3.05, 3.63) is 35.4 Å². The van der Waals surface area contributed by atoms with E-state index in [2.05, 4.69) is 70.5 Å². The van der Waals surface area contributed by atoms with Crippen LogP contribution < -0.4 is 10.6 Å². The number of aryl methyl sites for hydroxylation is 1. The quantitative estimate of drug-likeness (QED) is 0.390. The van der Waals surface area contributed by atoms with Gasteiger partial charge in [0.05, 0.1) is 0 Å². The van der Waals surface area contributed by atoms with Crippen molar-refractivity contribution in [3.63, 3.8) is 0 Å². The highest BCUT2D eigenvalue weighted by molar-refractivity contribution is 14.0. The average Bonchev–Trinajstić information content (AvgIpc) is 2.63. The number of hydrogen-bond donors (Lipinski definition) is 2. The normalized spacial score (nSPS) is 17.7. The van der Waals surface area contributed by atoms with E-state index in [1.54, 1.807) is 0 Å². The van der Waals surface area contributed by atoms with Crippen LogP contribution in [0.5, 0.6) is 0 Å². The molecule has 1 aromatic carbocycles.